The van der Waals surface area contributed by atoms with Crippen LogP contribution >= 0.6 is 11.6 Å². The van der Waals surface area contributed by atoms with Gasteiger partial charge in [0.1, 0.15) is 5.75 Å². The number of aliphatic imine (C=N–C) groups is 1. The van der Waals surface area contributed by atoms with Crippen molar-refractivity contribution in [2.45, 2.75) is 13.5 Å². The fraction of sp³-hybridized carbons (Fsp3) is 0.200. The number of para-hydroxylation sites is 1. The Bertz CT molecular complexity index is 991. The molecule has 1 aliphatic heterocycles. The van der Waals surface area contributed by atoms with Crippen molar-refractivity contribution < 1.29 is 32.5 Å². The zero-order chi connectivity index (χ0) is 21.0. The molecular formula is C20H16ClF2NO5. The molecule has 9 heteroatoms. The number of cyclic esters (lactones) is 1. The minimum atomic E-state index is -3.03. The molecule has 2 aromatic rings. The Kier molecular flexibility index (Phi) is 6.33. The maximum absolute atomic E-state index is 12.6. The number of halogens is 3. The Labute approximate surface area is 170 Å². The van der Waals surface area contributed by atoms with E-state index in [-0.39, 0.29) is 22.9 Å². The Morgan fingerprint density at radius 2 is 2.00 bits per heavy atom. The number of esters is 1. The SMILES string of the molecule is CCOc1c(Cl)cc(/C=C2\N=C(c3ccccc3OC(F)F)OC2=O)cc1OC. The van der Waals surface area contributed by atoms with Gasteiger partial charge in [0.2, 0.25) is 5.90 Å². The molecule has 0 saturated heterocycles. The van der Waals surface area contributed by atoms with Crippen LogP contribution in [0.3, 0.4) is 0 Å². The summed E-state index contributed by atoms with van der Waals surface area (Å²) in [6, 6.07) is 9.10. The predicted molar refractivity (Wildman–Crippen MR) is 103 cm³/mol. The number of benzene rings is 2. The Hall–Kier alpha value is -3.13. The molecule has 0 aliphatic carbocycles. The van der Waals surface area contributed by atoms with E-state index in [2.05, 4.69) is 9.73 Å². The van der Waals surface area contributed by atoms with Crippen LogP contribution in [-0.4, -0.2) is 32.2 Å². The lowest BCUT2D eigenvalue weighted by molar-refractivity contribution is -0.129. The fourth-order valence-electron chi connectivity index (χ4n) is 2.63. The molecule has 0 bridgehead atoms. The second kappa shape index (κ2) is 8.91. The van der Waals surface area contributed by atoms with Gasteiger partial charge in [-0.25, -0.2) is 9.79 Å². The molecule has 0 aromatic heterocycles. The van der Waals surface area contributed by atoms with Crippen molar-refractivity contribution >= 4 is 29.5 Å². The number of alkyl halides is 2. The molecule has 152 valence electrons. The van der Waals surface area contributed by atoms with E-state index in [9.17, 15) is 13.6 Å². The molecule has 0 spiro atoms. The molecule has 0 radical (unpaired) electrons. The van der Waals surface area contributed by atoms with Gasteiger partial charge in [-0.1, -0.05) is 23.7 Å². The average molecular weight is 424 g/mol. The van der Waals surface area contributed by atoms with E-state index >= 15 is 0 Å². The quantitative estimate of drug-likeness (QED) is 0.477. The topological polar surface area (TPSA) is 66.3 Å². The van der Waals surface area contributed by atoms with E-state index in [1.54, 1.807) is 18.2 Å². The van der Waals surface area contributed by atoms with E-state index < -0.39 is 12.6 Å². The van der Waals surface area contributed by atoms with Crippen molar-refractivity contribution in [3.63, 3.8) is 0 Å². The highest BCUT2D eigenvalue weighted by Gasteiger charge is 2.27. The maximum Gasteiger partial charge on any atom is 0.387 e. The van der Waals surface area contributed by atoms with E-state index in [1.165, 1.54) is 31.4 Å². The van der Waals surface area contributed by atoms with E-state index in [0.717, 1.165) is 0 Å². The Morgan fingerprint density at radius 3 is 2.69 bits per heavy atom. The van der Waals surface area contributed by atoms with E-state index in [4.69, 9.17) is 25.8 Å². The highest BCUT2D eigenvalue weighted by Crippen LogP contribution is 2.37. The van der Waals surface area contributed by atoms with Crippen LogP contribution in [0.4, 0.5) is 8.78 Å². The molecule has 1 aliphatic rings. The third kappa shape index (κ3) is 4.65. The Balaban J connectivity index is 1.97. The highest BCUT2D eigenvalue weighted by molar-refractivity contribution is 6.32. The Morgan fingerprint density at radius 1 is 1.24 bits per heavy atom. The predicted octanol–water partition coefficient (Wildman–Crippen LogP) is 4.69. The number of carbonyl (C=O) groups excluding carboxylic acids is 1. The lowest BCUT2D eigenvalue weighted by Gasteiger charge is -2.11. The molecule has 0 N–H and O–H groups in total. The zero-order valence-corrected chi connectivity index (χ0v) is 16.2. The fourth-order valence-corrected chi connectivity index (χ4v) is 2.91. The van der Waals surface area contributed by atoms with Gasteiger partial charge in [-0.05, 0) is 42.8 Å². The van der Waals surface area contributed by atoms with Gasteiger partial charge in [0.15, 0.2) is 17.2 Å². The summed E-state index contributed by atoms with van der Waals surface area (Å²) in [6.07, 6.45) is 1.44. The molecule has 2 aromatic carbocycles. The minimum absolute atomic E-state index is 0.0332. The molecule has 6 nitrogen and oxygen atoms in total. The lowest BCUT2D eigenvalue weighted by atomic mass is 10.1. The van der Waals surface area contributed by atoms with Crippen molar-refractivity contribution in [3.8, 4) is 17.2 Å². The largest absolute Gasteiger partial charge is 0.493 e. The highest BCUT2D eigenvalue weighted by atomic mass is 35.5. The molecule has 0 amide bonds. The van der Waals surface area contributed by atoms with Crippen molar-refractivity contribution in [3.05, 3.63) is 58.2 Å². The van der Waals surface area contributed by atoms with Gasteiger partial charge in [0.25, 0.3) is 0 Å². The van der Waals surface area contributed by atoms with Crippen LogP contribution in [0.25, 0.3) is 6.08 Å². The van der Waals surface area contributed by atoms with E-state index in [0.29, 0.717) is 28.7 Å². The van der Waals surface area contributed by atoms with Gasteiger partial charge in [-0.15, -0.1) is 0 Å². The van der Waals surface area contributed by atoms with Crippen LogP contribution < -0.4 is 14.2 Å². The van der Waals surface area contributed by atoms with Gasteiger partial charge in [-0.2, -0.15) is 8.78 Å². The molecule has 0 unspecified atom stereocenters. The summed E-state index contributed by atoms with van der Waals surface area (Å²) in [6.45, 7) is -0.815. The van der Waals surface area contributed by atoms with Crippen molar-refractivity contribution in [1.82, 2.24) is 0 Å². The first-order chi connectivity index (χ1) is 13.9. The van der Waals surface area contributed by atoms with Crippen molar-refractivity contribution in [2.24, 2.45) is 4.99 Å². The molecule has 0 saturated carbocycles. The summed E-state index contributed by atoms with van der Waals surface area (Å²) < 4.78 is 45.5. The molecule has 1 heterocycles. The van der Waals surface area contributed by atoms with E-state index in [1.807, 2.05) is 6.92 Å². The summed E-state index contributed by atoms with van der Waals surface area (Å²) >= 11 is 6.23. The normalized spacial score (nSPS) is 14.8. The monoisotopic (exact) mass is 423 g/mol. The lowest BCUT2D eigenvalue weighted by Crippen LogP contribution is -2.10. The maximum atomic E-state index is 12.6. The van der Waals surface area contributed by atoms with Crippen LogP contribution in [0.2, 0.25) is 5.02 Å². The minimum Gasteiger partial charge on any atom is -0.493 e. The van der Waals surface area contributed by atoms with Crippen molar-refractivity contribution in [1.29, 1.82) is 0 Å². The second-order valence-corrected chi connectivity index (χ2v) is 6.09. The summed E-state index contributed by atoms with van der Waals surface area (Å²) in [5.74, 6) is -0.258. The molecule has 0 atom stereocenters. The van der Waals surface area contributed by atoms with Gasteiger partial charge in [-0.3, -0.25) is 0 Å². The number of nitrogens with zero attached hydrogens (tertiary/aromatic N) is 1. The summed E-state index contributed by atoms with van der Waals surface area (Å²) in [4.78, 5) is 16.3. The average Bonchev–Trinajstić information content (AvgIpc) is 3.04. The van der Waals surface area contributed by atoms with Gasteiger partial charge >= 0.3 is 12.6 Å². The first-order valence-electron chi connectivity index (χ1n) is 8.50. The number of hydrogen-bond acceptors (Lipinski definition) is 6. The van der Waals surface area contributed by atoms with Crippen LogP contribution in [0.1, 0.15) is 18.1 Å². The van der Waals surface area contributed by atoms with Crippen molar-refractivity contribution in [2.75, 3.05) is 13.7 Å². The summed E-state index contributed by atoms with van der Waals surface area (Å²) in [7, 11) is 1.46. The van der Waals surface area contributed by atoms with Gasteiger partial charge in [0, 0.05) is 0 Å². The van der Waals surface area contributed by atoms with Crippen LogP contribution in [0, 0.1) is 0 Å². The molecule has 29 heavy (non-hydrogen) atoms. The summed E-state index contributed by atoms with van der Waals surface area (Å²) in [5.41, 5.74) is 0.616. The summed E-state index contributed by atoms with van der Waals surface area (Å²) in [5, 5.41) is 0.296. The number of carbonyl (C=O) groups is 1. The third-order valence-corrected chi connectivity index (χ3v) is 4.08. The van der Waals surface area contributed by atoms with Crippen LogP contribution in [0.5, 0.6) is 17.2 Å². The van der Waals surface area contributed by atoms with Crippen LogP contribution in [0.15, 0.2) is 47.1 Å². The number of hydrogen-bond donors (Lipinski definition) is 0. The first-order valence-corrected chi connectivity index (χ1v) is 8.87. The second-order valence-electron chi connectivity index (χ2n) is 5.68. The van der Waals surface area contributed by atoms with Gasteiger partial charge in [0.05, 0.1) is 24.3 Å². The molecule has 0 fully saturated rings. The standard InChI is InChI=1S/C20H16ClF2NO5/c1-3-27-17-13(21)8-11(10-16(17)26-2)9-14-19(25)29-18(24-14)12-6-4-5-7-15(12)28-20(22)23/h4-10,20H,3H2,1-2H3/b14-9-. The molecular weight excluding hydrogens is 408 g/mol. The number of ether oxygens (including phenoxy) is 4. The molecule has 3 rings (SSSR count). The third-order valence-electron chi connectivity index (χ3n) is 3.80. The first kappa shape index (κ1) is 20.6. The zero-order valence-electron chi connectivity index (χ0n) is 15.4. The smallest absolute Gasteiger partial charge is 0.387 e. The van der Waals surface area contributed by atoms with Gasteiger partial charge < -0.3 is 18.9 Å². The number of rotatable bonds is 7. The van der Waals surface area contributed by atoms with Crippen LogP contribution in [-0.2, 0) is 9.53 Å². The number of methoxy groups -OCH3 is 1.